The van der Waals surface area contributed by atoms with Gasteiger partial charge in [-0.1, -0.05) is 42.5 Å². The van der Waals surface area contributed by atoms with Gasteiger partial charge in [-0.2, -0.15) is 0 Å². The predicted molar refractivity (Wildman–Crippen MR) is 125 cm³/mol. The number of aryl methyl sites for hydroxylation is 1. The zero-order valence-corrected chi connectivity index (χ0v) is 19.0. The SMILES string of the molecule is CCc1ccc(CNC(=O)CSCc2nnc(C(=O)Nc3ccc(OC)cc3)s2)cc1. The predicted octanol–water partition coefficient (Wildman–Crippen LogP) is 3.91. The third kappa shape index (κ3) is 7.08. The number of methoxy groups -OCH3 is 1. The number of ether oxygens (including phenoxy) is 1. The molecule has 1 aromatic heterocycles. The van der Waals surface area contributed by atoms with E-state index in [4.69, 9.17) is 4.74 Å². The zero-order chi connectivity index (χ0) is 22.1. The van der Waals surface area contributed by atoms with E-state index in [0.29, 0.717) is 34.5 Å². The Bertz CT molecular complexity index is 1000. The van der Waals surface area contributed by atoms with Crippen LogP contribution in [0.25, 0.3) is 0 Å². The molecule has 0 saturated carbocycles. The maximum absolute atomic E-state index is 12.3. The van der Waals surface area contributed by atoms with Gasteiger partial charge in [0.05, 0.1) is 12.9 Å². The molecule has 1 heterocycles. The van der Waals surface area contributed by atoms with Crippen LogP contribution >= 0.6 is 23.1 Å². The molecule has 2 aromatic carbocycles. The minimum Gasteiger partial charge on any atom is -0.497 e. The molecule has 2 N–H and O–H groups in total. The average molecular weight is 457 g/mol. The molecule has 2 amide bonds. The summed E-state index contributed by atoms with van der Waals surface area (Å²) in [6, 6.07) is 15.3. The number of anilines is 1. The number of nitrogens with zero attached hydrogens (tertiary/aromatic N) is 2. The van der Waals surface area contributed by atoms with Crippen LogP contribution in [0.5, 0.6) is 5.75 Å². The summed E-state index contributed by atoms with van der Waals surface area (Å²) >= 11 is 2.66. The van der Waals surface area contributed by atoms with Crippen LogP contribution in [0.3, 0.4) is 0 Å². The van der Waals surface area contributed by atoms with Crippen molar-refractivity contribution in [3.8, 4) is 5.75 Å². The van der Waals surface area contributed by atoms with Crippen molar-refractivity contribution in [2.24, 2.45) is 0 Å². The van der Waals surface area contributed by atoms with Crippen molar-refractivity contribution in [2.75, 3.05) is 18.2 Å². The first-order valence-electron chi connectivity index (χ1n) is 9.77. The smallest absolute Gasteiger partial charge is 0.286 e. The number of rotatable bonds is 10. The molecule has 0 radical (unpaired) electrons. The number of nitrogens with one attached hydrogen (secondary N) is 2. The first-order chi connectivity index (χ1) is 15.1. The number of thioether (sulfide) groups is 1. The van der Waals surface area contributed by atoms with Crippen LogP contribution in [0.2, 0.25) is 0 Å². The maximum atomic E-state index is 12.3. The Kier molecular flexibility index (Phi) is 8.43. The second kappa shape index (κ2) is 11.5. The van der Waals surface area contributed by atoms with Gasteiger partial charge in [-0.15, -0.1) is 22.0 Å². The Morgan fingerprint density at radius 2 is 1.74 bits per heavy atom. The zero-order valence-electron chi connectivity index (χ0n) is 17.4. The van der Waals surface area contributed by atoms with Crippen LogP contribution in [0.4, 0.5) is 5.69 Å². The number of hydrogen-bond acceptors (Lipinski definition) is 7. The molecule has 0 spiro atoms. The molecule has 0 bridgehead atoms. The monoisotopic (exact) mass is 456 g/mol. The van der Waals surface area contributed by atoms with Crippen molar-refractivity contribution >= 4 is 40.6 Å². The average Bonchev–Trinajstić information content (AvgIpc) is 3.27. The highest BCUT2D eigenvalue weighted by atomic mass is 32.2. The number of carbonyl (C=O) groups excluding carboxylic acids is 2. The number of amides is 2. The largest absolute Gasteiger partial charge is 0.497 e. The summed E-state index contributed by atoms with van der Waals surface area (Å²) in [5.41, 5.74) is 3.00. The van der Waals surface area contributed by atoms with Crippen molar-refractivity contribution < 1.29 is 14.3 Å². The molecule has 9 heteroatoms. The van der Waals surface area contributed by atoms with E-state index >= 15 is 0 Å². The Balaban J connectivity index is 1.39. The molecule has 0 aliphatic heterocycles. The quantitative estimate of drug-likeness (QED) is 0.480. The molecule has 0 atom stereocenters. The Morgan fingerprint density at radius 1 is 1.03 bits per heavy atom. The molecule has 3 aromatic rings. The van der Waals surface area contributed by atoms with Gasteiger partial charge in [0.15, 0.2) is 0 Å². The molecule has 0 aliphatic rings. The molecule has 0 fully saturated rings. The summed E-state index contributed by atoms with van der Waals surface area (Å²) in [5.74, 6) is 1.20. The van der Waals surface area contributed by atoms with Gasteiger partial charge < -0.3 is 15.4 Å². The molecular formula is C22H24N4O3S2. The molecule has 0 unspecified atom stereocenters. The van der Waals surface area contributed by atoms with Gasteiger partial charge in [-0.3, -0.25) is 9.59 Å². The van der Waals surface area contributed by atoms with E-state index in [2.05, 4.69) is 39.9 Å². The molecule has 3 rings (SSSR count). The minimum atomic E-state index is -0.314. The third-order valence-corrected chi connectivity index (χ3v) is 6.44. The standard InChI is InChI=1S/C22H24N4O3S2/c1-3-15-4-6-16(7-5-15)12-23-19(27)13-30-14-20-25-26-22(31-20)21(28)24-17-8-10-18(29-2)11-9-17/h4-11H,3,12-14H2,1-2H3,(H,23,27)(H,24,28). The summed E-state index contributed by atoms with van der Waals surface area (Å²) in [6.07, 6.45) is 1.000. The summed E-state index contributed by atoms with van der Waals surface area (Å²) in [6.45, 7) is 2.63. The molecule has 0 aliphatic carbocycles. The molecular weight excluding hydrogens is 432 g/mol. The Hall–Kier alpha value is -2.91. The van der Waals surface area contributed by atoms with Gasteiger partial charge >= 0.3 is 0 Å². The van der Waals surface area contributed by atoms with E-state index in [-0.39, 0.29) is 16.8 Å². The summed E-state index contributed by atoms with van der Waals surface area (Å²) in [4.78, 5) is 24.4. The highest BCUT2D eigenvalue weighted by molar-refractivity contribution is 7.99. The lowest BCUT2D eigenvalue weighted by atomic mass is 10.1. The number of benzene rings is 2. The van der Waals surface area contributed by atoms with E-state index in [1.165, 1.54) is 28.7 Å². The van der Waals surface area contributed by atoms with Gasteiger partial charge in [0.1, 0.15) is 10.8 Å². The summed E-state index contributed by atoms with van der Waals surface area (Å²) in [5, 5.41) is 14.7. The fourth-order valence-corrected chi connectivity index (χ4v) is 4.28. The fraction of sp³-hybridized carbons (Fsp3) is 0.273. The maximum Gasteiger partial charge on any atom is 0.286 e. The first kappa shape index (κ1) is 22.8. The van der Waals surface area contributed by atoms with Gasteiger partial charge in [0, 0.05) is 18.0 Å². The molecule has 31 heavy (non-hydrogen) atoms. The van der Waals surface area contributed by atoms with Crippen LogP contribution in [0.15, 0.2) is 48.5 Å². The Morgan fingerprint density at radius 3 is 2.42 bits per heavy atom. The van der Waals surface area contributed by atoms with Crippen molar-refractivity contribution in [1.82, 2.24) is 15.5 Å². The van der Waals surface area contributed by atoms with E-state index in [9.17, 15) is 9.59 Å². The normalized spacial score (nSPS) is 10.5. The molecule has 0 saturated heterocycles. The fourth-order valence-electron chi connectivity index (χ4n) is 2.64. The van der Waals surface area contributed by atoms with Crippen molar-refractivity contribution in [3.05, 3.63) is 69.7 Å². The van der Waals surface area contributed by atoms with Crippen LogP contribution in [0, 0.1) is 0 Å². The molecule has 162 valence electrons. The van der Waals surface area contributed by atoms with Gasteiger partial charge in [0.25, 0.3) is 5.91 Å². The van der Waals surface area contributed by atoms with Crippen LogP contribution < -0.4 is 15.4 Å². The van der Waals surface area contributed by atoms with Gasteiger partial charge in [-0.25, -0.2) is 0 Å². The third-order valence-electron chi connectivity index (χ3n) is 4.39. The second-order valence-corrected chi connectivity index (χ2v) is 8.67. The van der Waals surface area contributed by atoms with Crippen LogP contribution in [0.1, 0.15) is 32.9 Å². The van der Waals surface area contributed by atoms with Gasteiger partial charge in [-0.05, 0) is 41.8 Å². The van der Waals surface area contributed by atoms with E-state index in [0.717, 1.165) is 12.0 Å². The lowest BCUT2D eigenvalue weighted by Gasteiger charge is -2.05. The van der Waals surface area contributed by atoms with Gasteiger partial charge in [0.2, 0.25) is 10.9 Å². The summed E-state index contributed by atoms with van der Waals surface area (Å²) < 4.78 is 5.10. The highest BCUT2D eigenvalue weighted by Gasteiger charge is 2.14. The summed E-state index contributed by atoms with van der Waals surface area (Å²) in [7, 11) is 1.59. The second-order valence-electron chi connectivity index (χ2n) is 6.62. The first-order valence-corrected chi connectivity index (χ1v) is 11.7. The minimum absolute atomic E-state index is 0.0356. The highest BCUT2D eigenvalue weighted by Crippen LogP contribution is 2.19. The van der Waals surface area contributed by atoms with E-state index in [1.54, 1.807) is 31.4 Å². The topological polar surface area (TPSA) is 93.2 Å². The van der Waals surface area contributed by atoms with Crippen molar-refractivity contribution in [1.29, 1.82) is 0 Å². The lowest BCUT2D eigenvalue weighted by molar-refractivity contribution is -0.118. The van der Waals surface area contributed by atoms with Crippen LogP contribution in [-0.4, -0.2) is 34.9 Å². The van der Waals surface area contributed by atoms with E-state index in [1.807, 2.05) is 12.1 Å². The van der Waals surface area contributed by atoms with Crippen molar-refractivity contribution in [2.45, 2.75) is 25.6 Å². The van der Waals surface area contributed by atoms with Crippen molar-refractivity contribution in [3.63, 3.8) is 0 Å². The van der Waals surface area contributed by atoms with E-state index < -0.39 is 0 Å². The van der Waals surface area contributed by atoms with Crippen LogP contribution in [-0.2, 0) is 23.5 Å². The number of aromatic nitrogens is 2. The lowest BCUT2D eigenvalue weighted by Crippen LogP contribution is -2.24. The molecule has 7 nitrogen and oxygen atoms in total. The number of carbonyl (C=O) groups is 2. The Labute approximate surface area is 189 Å². The number of hydrogen-bond donors (Lipinski definition) is 2.